The van der Waals surface area contributed by atoms with E-state index in [0.717, 1.165) is 5.56 Å². The number of benzene rings is 1. The SMILES string of the molecule is COc1ccc(C(=O)NCc2nc(-c3ccncc3)n[nH]2)cc1.O=C(O)C(F)(F)F. The van der Waals surface area contributed by atoms with Gasteiger partial charge < -0.3 is 15.2 Å². The van der Waals surface area contributed by atoms with E-state index in [1.54, 1.807) is 43.8 Å². The Bertz CT molecular complexity index is 975. The van der Waals surface area contributed by atoms with Gasteiger partial charge in [-0.25, -0.2) is 9.78 Å². The van der Waals surface area contributed by atoms with Crippen LogP contribution in [0, 0.1) is 0 Å². The lowest BCUT2D eigenvalue weighted by molar-refractivity contribution is -0.192. The van der Waals surface area contributed by atoms with E-state index >= 15 is 0 Å². The fourth-order valence-electron chi connectivity index (χ4n) is 2.01. The first-order chi connectivity index (χ1) is 14.2. The first-order valence-corrected chi connectivity index (χ1v) is 8.24. The molecule has 3 rings (SSSR count). The summed E-state index contributed by atoms with van der Waals surface area (Å²) in [5, 5.41) is 16.9. The number of aromatic amines is 1. The van der Waals surface area contributed by atoms with Crippen LogP contribution >= 0.6 is 0 Å². The predicted molar refractivity (Wildman–Crippen MR) is 97.5 cm³/mol. The zero-order valence-corrected chi connectivity index (χ0v) is 15.5. The van der Waals surface area contributed by atoms with E-state index in [2.05, 4.69) is 25.5 Å². The van der Waals surface area contributed by atoms with Crippen molar-refractivity contribution in [1.82, 2.24) is 25.5 Å². The first-order valence-electron chi connectivity index (χ1n) is 8.24. The van der Waals surface area contributed by atoms with E-state index in [1.807, 2.05) is 12.1 Å². The molecule has 0 fully saturated rings. The Morgan fingerprint density at radius 3 is 2.27 bits per heavy atom. The molecule has 2 heterocycles. The summed E-state index contributed by atoms with van der Waals surface area (Å²) < 4.78 is 36.8. The number of halogens is 3. The Hall–Kier alpha value is -3.96. The highest BCUT2D eigenvalue weighted by molar-refractivity contribution is 5.94. The van der Waals surface area contributed by atoms with Crippen molar-refractivity contribution in [1.29, 1.82) is 0 Å². The third-order valence-electron chi connectivity index (χ3n) is 3.48. The lowest BCUT2D eigenvalue weighted by atomic mass is 10.2. The Morgan fingerprint density at radius 2 is 1.73 bits per heavy atom. The maximum absolute atomic E-state index is 12.1. The smallest absolute Gasteiger partial charge is 0.490 e. The number of pyridine rings is 1. The van der Waals surface area contributed by atoms with Gasteiger partial charge in [-0.3, -0.25) is 14.9 Å². The molecule has 1 aromatic carbocycles. The average Bonchev–Trinajstić information content (AvgIpc) is 3.21. The monoisotopic (exact) mass is 423 g/mol. The summed E-state index contributed by atoms with van der Waals surface area (Å²) in [5.74, 6) is -1.08. The molecule has 158 valence electrons. The fraction of sp³-hybridized carbons (Fsp3) is 0.167. The molecule has 0 saturated heterocycles. The fourth-order valence-corrected chi connectivity index (χ4v) is 2.01. The molecule has 0 atom stereocenters. The number of carboxylic acids is 1. The van der Waals surface area contributed by atoms with Gasteiger partial charge in [0.05, 0.1) is 13.7 Å². The first kappa shape index (κ1) is 22.3. The highest BCUT2D eigenvalue weighted by atomic mass is 19.4. The van der Waals surface area contributed by atoms with Crippen molar-refractivity contribution >= 4 is 11.9 Å². The molecule has 3 N–H and O–H groups in total. The Morgan fingerprint density at radius 1 is 1.13 bits per heavy atom. The lowest BCUT2D eigenvalue weighted by Crippen LogP contribution is -2.23. The normalized spacial score (nSPS) is 10.5. The van der Waals surface area contributed by atoms with Crippen LogP contribution in [0.4, 0.5) is 13.2 Å². The van der Waals surface area contributed by atoms with Gasteiger partial charge in [0.25, 0.3) is 5.91 Å². The molecule has 0 aliphatic heterocycles. The third-order valence-corrected chi connectivity index (χ3v) is 3.48. The van der Waals surface area contributed by atoms with Crippen LogP contribution in [0.3, 0.4) is 0 Å². The summed E-state index contributed by atoms with van der Waals surface area (Å²) in [6, 6.07) is 10.5. The van der Waals surface area contributed by atoms with Crippen LogP contribution in [0.15, 0.2) is 48.8 Å². The summed E-state index contributed by atoms with van der Waals surface area (Å²) in [7, 11) is 1.58. The van der Waals surface area contributed by atoms with Gasteiger partial charge in [-0.05, 0) is 36.4 Å². The van der Waals surface area contributed by atoms with Crippen molar-refractivity contribution in [3.63, 3.8) is 0 Å². The highest BCUT2D eigenvalue weighted by Crippen LogP contribution is 2.14. The number of aliphatic carboxylic acids is 1. The molecule has 0 saturated carbocycles. The Balaban J connectivity index is 0.000000396. The second kappa shape index (κ2) is 10.0. The van der Waals surface area contributed by atoms with Gasteiger partial charge in [0.2, 0.25) is 0 Å². The van der Waals surface area contributed by atoms with Crippen molar-refractivity contribution in [2.75, 3.05) is 7.11 Å². The number of hydrogen-bond donors (Lipinski definition) is 3. The number of carbonyl (C=O) groups is 2. The maximum Gasteiger partial charge on any atom is 0.490 e. The largest absolute Gasteiger partial charge is 0.497 e. The van der Waals surface area contributed by atoms with Crippen LogP contribution in [0.1, 0.15) is 16.2 Å². The third kappa shape index (κ3) is 6.58. The number of hydrogen-bond acceptors (Lipinski definition) is 6. The van der Waals surface area contributed by atoms with Crippen LogP contribution < -0.4 is 10.1 Å². The minimum atomic E-state index is -5.08. The van der Waals surface area contributed by atoms with Crippen LogP contribution in [0.25, 0.3) is 11.4 Å². The van der Waals surface area contributed by atoms with E-state index < -0.39 is 12.1 Å². The van der Waals surface area contributed by atoms with Gasteiger partial charge in [-0.2, -0.15) is 18.3 Å². The summed E-state index contributed by atoms with van der Waals surface area (Å²) in [4.78, 5) is 29.3. The van der Waals surface area contributed by atoms with Crippen LogP contribution in [0.2, 0.25) is 0 Å². The van der Waals surface area contributed by atoms with Gasteiger partial charge in [-0.1, -0.05) is 0 Å². The van der Waals surface area contributed by atoms with E-state index in [4.69, 9.17) is 14.6 Å². The van der Waals surface area contributed by atoms with Crippen molar-refractivity contribution in [2.24, 2.45) is 0 Å². The zero-order valence-electron chi connectivity index (χ0n) is 15.5. The topological polar surface area (TPSA) is 130 Å². The molecule has 0 spiro atoms. The second-order valence-corrected chi connectivity index (χ2v) is 5.56. The molecule has 0 bridgehead atoms. The lowest BCUT2D eigenvalue weighted by Gasteiger charge is -2.04. The molecular weight excluding hydrogens is 407 g/mol. The average molecular weight is 423 g/mol. The summed E-state index contributed by atoms with van der Waals surface area (Å²) >= 11 is 0. The second-order valence-electron chi connectivity index (χ2n) is 5.56. The van der Waals surface area contributed by atoms with Gasteiger partial charge >= 0.3 is 12.1 Å². The van der Waals surface area contributed by atoms with Crippen LogP contribution in [0.5, 0.6) is 5.75 Å². The van der Waals surface area contributed by atoms with Crippen molar-refractivity contribution in [3.8, 4) is 17.1 Å². The molecular formula is C18H16F3N5O4. The number of carbonyl (C=O) groups excluding carboxylic acids is 1. The standard InChI is InChI=1S/C16H15N5O2.C2HF3O2/c1-23-13-4-2-12(3-5-13)16(22)18-10-14-19-15(21-20-14)11-6-8-17-9-7-11;3-2(4,5)1(6)7/h2-9H,10H2,1H3,(H,18,22)(H,19,20,21);(H,6,7). The maximum atomic E-state index is 12.1. The molecule has 12 heteroatoms. The molecule has 0 radical (unpaired) electrons. The van der Waals surface area contributed by atoms with E-state index in [-0.39, 0.29) is 12.5 Å². The number of nitrogens with zero attached hydrogens (tertiary/aromatic N) is 3. The quantitative estimate of drug-likeness (QED) is 0.575. The van der Waals surface area contributed by atoms with E-state index in [9.17, 15) is 18.0 Å². The minimum Gasteiger partial charge on any atom is -0.497 e. The number of carboxylic acid groups (broad SMARTS) is 1. The van der Waals surface area contributed by atoms with Crippen molar-refractivity contribution < 1.29 is 32.6 Å². The van der Waals surface area contributed by atoms with Gasteiger partial charge in [0.15, 0.2) is 5.82 Å². The Kier molecular flexibility index (Phi) is 7.44. The molecule has 30 heavy (non-hydrogen) atoms. The van der Waals surface area contributed by atoms with Gasteiger partial charge in [0.1, 0.15) is 11.6 Å². The summed E-state index contributed by atoms with van der Waals surface area (Å²) in [6.45, 7) is 0.267. The number of rotatable bonds is 5. The zero-order chi connectivity index (χ0) is 22.1. The summed E-state index contributed by atoms with van der Waals surface area (Å²) in [6.07, 6.45) is -1.73. The van der Waals surface area contributed by atoms with E-state index in [0.29, 0.717) is 23.0 Å². The number of H-pyrrole nitrogens is 1. The van der Waals surface area contributed by atoms with Gasteiger partial charge in [0, 0.05) is 23.5 Å². The van der Waals surface area contributed by atoms with E-state index in [1.165, 1.54) is 0 Å². The number of methoxy groups -OCH3 is 1. The molecule has 9 nitrogen and oxygen atoms in total. The molecule has 0 aliphatic carbocycles. The highest BCUT2D eigenvalue weighted by Gasteiger charge is 2.38. The Labute approximate surface area is 167 Å². The van der Waals surface area contributed by atoms with Crippen molar-refractivity contribution in [3.05, 3.63) is 60.2 Å². The number of nitrogens with one attached hydrogen (secondary N) is 2. The minimum absolute atomic E-state index is 0.186. The number of amides is 1. The molecule has 0 aliphatic rings. The summed E-state index contributed by atoms with van der Waals surface area (Å²) in [5.41, 5.74) is 1.42. The number of aromatic nitrogens is 4. The van der Waals surface area contributed by atoms with Crippen molar-refractivity contribution in [2.45, 2.75) is 12.7 Å². The van der Waals surface area contributed by atoms with Crippen LogP contribution in [-0.4, -0.2) is 50.4 Å². The molecule has 0 unspecified atom stereocenters. The predicted octanol–water partition coefficient (Wildman–Crippen LogP) is 2.44. The van der Waals surface area contributed by atoms with Gasteiger partial charge in [-0.15, -0.1) is 0 Å². The molecule has 3 aromatic rings. The molecule has 1 amide bonds. The molecule has 2 aromatic heterocycles. The number of alkyl halides is 3. The van der Waals surface area contributed by atoms with Crippen LogP contribution in [-0.2, 0) is 11.3 Å². The number of ether oxygens (including phenoxy) is 1.